The molecule has 0 aliphatic carbocycles. The summed E-state index contributed by atoms with van der Waals surface area (Å²) in [6.07, 6.45) is -3.04. The fourth-order valence-electron chi connectivity index (χ4n) is 2.72. The lowest BCUT2D eigenvalue weighted by atomic mass is 9.98. The van der Waals surface area contributed by atoms with E-state index in [1.165, 1.54) is 27.7 Å². The Bertz CT molecular complexity index is 600. The van der Waals surface area contributed by atoms with Gasteiger partial charge in [-0.25, -0.2) is 0 Å². The number of ether oxygens (including phenoxy) is 6. The van der Waals surface area contributed by atoms with Crippen molar-refractivity contribution in [2.24, 2.45) is 0 Å². The summed E-state index contributed by atoms with van der Waals surface area (Å²) < 4.78 is 32.5. The smallest absolute Gasteiger partial charge is 0.303 e. The number of rotatable bonds is 11. The van der Waals surface area contributed by atoms with E-state index in [0.29, 0.717) is 6.42 Å². The lowest BCUT2D eigenvalue weighted by Gasteiger charge is -2.44. The zero-order chi connectivity index (χ0) is 22.7. The number of esters is 4. The summed E-state index contributed by atoms with van der Waals surface area (Å²) in [6.45, 7) is 4.73. The third-order valence-corrected chi connectivity index (χ3v) is 5.62. The molecule has 0 radical (unpaired) electrons. The lowest BCUT2D eigenvalue weighted by molar-refractivity contribution is -0.308. The minimum Gasteiger partial charge on any atom is -0.463 e. The number of carbonyl (C=O) groups excluding carboxylic acids is 4. The monoisotopic (exact) mass is 468 g/mol. The largest absolute Gasteiger partial charge is 0.463 e. The molecule has 1 saturated heterocycles. The second-order valence-electron chi connectivity index (χ2n) is 6.28. The summed E-state index contributed by atoms with van der Waals surface area (Å²) in [5, 5.41) is 0. The molecule has 0 N–H and O–H groups in total. The molecule has 30 heavy (non-hydrogen) atoms. The highest BCUT2D eigenvalue weighted by atomic mass is 33.1. The molecule has 10 nitrogen and oxygen atoms in total. The first kappa shape index (κ1) is 26.5. The molecule has 1 heterocycles. The summed E-state index contributed by atoms with van der Waals surface area (Å²) in [4.78, 5) is 46.3. The van der Waals surface area contributed by atoms with Gasteiger partial charge in [-0.2, -0.15) is 0 Å². The predicted molar refractivity (Wildman–Crippen MR) is 108 cm³/mol. The Kier molecular flexibility index (Phi) is 12.1. The average Bonchev–Trinajstić information content (AvgIpc) is 2.63. The molecule has 1 fully saturated rings. The van der Waals surface area contributed by atoms with Gasteiger partial charge in [-0.3, -0.25) is 19.2 Å². The summed E-state index contributed by atoms with van der Waals surface area (Å²) in [5.74, 6) is -1.77. The van der Waals surface area contributed by atoms with Crippen LogP contribution in [0, 0.1) is 0 Å². The normalized spacial score (nSPS) is 25.8. The van der Waals surface area contributed by atoms with E-state index in [1.54, 1.807) is 21.6 Å². The van der Waals surface area contributed by atoms with Gasteiger partial charge in [0.05, 0.1) is 6.61 Å². The molecular weight excluding hydrogens is 440 g/mol. The van der Waals surface area contributed by atoms with Crippen LogP contribution in [0.2, 0.25) is 0 Å². The first-order valence-corrected chi connectivity index (χ1v) is 12.0. The molecule has 0 bridgehead atoms. The molecule has 0 spiro atoms. The van der Waals surface area contributed by atoms with Gasteiger partial charge in [-0.05, 0) is 12.7 Å². The van der Waals surface area contributed by atoms with Crippen molar-refractivity contribution < 1.29 is 47.6 Å². The molecule has 0 aromatic heterocycles. The standard InChI is InChI=1S/C18H28O10S2/c1-10(19)24-9-14-15(25-11(2)20)16(26-12(3)21)17(27-13(4)22)18(28-14)23-7-6-8-30-29-5/h14-18H,6-9H2,1-5H3/t14-,15+,16+,17-,18-/m1/s1. The fourth-order valence-corrected chi connectivity index (χ4v) is 3.98. The topological polar surface area (TPSA) is 124 Å². The second kappa shape index (κ2) is 13.7. The number of hydrogen-bond donors (Lipinski definition) is 0. The summed E-state index contributed by atoms with van der Waals surface area (Å²) in [6, 6.07) is 0. The predicted octanol–water partition coefficient (Wildman–Crippen LogP) is 1.49. The van der Waals surface area contributed by atoms with Crippen LogP contribution in [-0.2, 0) is 47.6 Å². The molecule has 5 atom stereocenters. The van der Waals surface area contributed by atoms with Crippen LogP contribution in [0.5, 0.6) is 0 Å². The maximum absolute atomic E-state index is 11.7. The number of hydrogen-bond acceptors (Lipinski definition) is 12. The van der Waals surface area contributed by atoms with E-state index in [2.05, 4.69) is 0 Å². The van der Waals surface area contributed by atoms with Crippen LogP contribution in [0.25, 0.3) is 0 Å². The molecule has 0 aromatic carbocycles. The van der Waals surface area contributed by atoms with Crippen LogP contribution in [0.4, 0.5) is 0 Å². The van der Waals surface area contributed by atoms with Gasteiger partial charge in [0, 0.05) is 33.4 Å². The van der Waals surface area contributed by atoms with E-state index in [9.17, 15) is 19.2 Å². The SMILES string of the molecule is CSSCCCO[C@@H]1O[C@H](COC(C)=O)[C@H](OC(C)=O)[C@H](OC(C)=O)[C@H]1OC(C)=O. The Morgan fingerprint density at radius 2 is 1.40 bits per heavy atom. The van der Waals surface area contributed by atoms with E-state index in [4.69, 9.17) is 28.4 Å². The van der Waals surface area contributed by atoms with Crippen molar-refractivity contribution in [1.29, 1.82) is 0 Å². The highest BCUT2D eigenvalue weighted by molar-refractivity contribution is 8.76. The quantitative estimate of drug-likeness (QED) is 0.189. The zero-order valence-electron chi connectivity index (χ0n) is 17.6. The van der Waals surface area contributed by atoms with Crippen LogP contribution in [0.3, 0.4) is 0 Å². The molecule has 1 aliphatic rings. The summed E-state index contributed by atoms with van der Waals surface area (Å²) in [5.41, 5.74) is 0. The molecule has 0 aromatic rings. The Labute approximate surface area is 183 Å². The molecule has 12 heteroatoms. The average molecular weight is 469 g/mol. The van der Waals surface area contributed by atoms with Crippen molar-refractivity contribution in [1.82, 2.24) is 0 Å². The Hall–Kier alpha value is -1.50. The van der Waals surface area contributed by atoms with Crippen molar-refractivity contribution in [3.63, 3.8) is 0 Å². The first-order chi connectivity index (χ1) is 14.1. The maximum Gasteiger partial charge on any atom is 0.303 e. The third kappa shape index (κ3) is 9.54. The van der Waals surface area contributed by atoms with Crippen LogP contribution in [-0.4, -0.2) is 79.8 Å². The van der Waals surface area contributed by atoms with E-state index < -0.39 is 54.6 Å². The second-order valence-corrected chi connectivity index (χ2v) is 8.97. The molecule has 0 amide bonds. The fraction of sp³-hybridized carbons (Fsp3) is 0.778. The van der Waals surface area contributed by atoms with Gasteiger partial charge in [0.15, 0.2) is 24.6 Å². The molecule has 1 rings (SSSR count). The Morgan fingerprint density at radius 1 is 0.833 bits per heavy atom. The summed E-state index contributed by atoms with van der Waals surface area (Å²) >= 11 is 0. The highest BCUT2D eigenvalue weighted by Crippen LogP contribution is 2.30. The molecule has 0 saturated carbocycles. The van der Waals surface area contributed by atoms with Crippen molar-refractivity contribution in [2.75, 3.05) is 25.2 Å². The van der Waals surface area contributed by atoms with Crippen molar-refractivity contribution in [3.05, 3.63) is 0 Å². The van der Waals surface area contributed by atoms with Gasteiger partial charge in [0.1, 0.15) is 12.7 Å². The van der Waals surface area contributed by atoms with Gasteiger partial charge in [-0.15, -0.1) is 0 Å². The van der Waals surface area contributed by atoms with Crippen LogP contribution in [0.15, 0.2) is 0 Å². The van der Waals surface area contributed by atoms with Crippen LogP contribution in [0.1, 0.15) is 34.1 Å². The van der Waals surface area contributed by atoms with Gasteiger partial charge >= 0.3 is 23.9 Å². The van der Waals surface area contributed by atoms with E-state index in [1.807, 2.05) is 6.26 Å². The Morgan fingerprint density at radius 3 is 1.93 bits per heavy atom. The van der Waals surface area contributed by atoms with Gasteiger partial charge in [0.25, 0.3) is 0 Å². The van der Waals surface area contributed by atoms with Crippen molar-refractivity contribution >= 4 is 45.5 Å². The molecular formula is C18H28O10S2. The highest BCUT2D eigenvalue weighted by Gasteiger charge is 2.52. The van der Waals surface area contributed by atoms with Gasteiger partial charge < -0.3 is 28.4 Å². The maximum atomic E-state index is 11.7. The zero-order valence-corrected chi connectivity index (χ0v) is 19.2. The van der Waals surface area contributed by atoms with Crippen molar-refractivity contribution in [3.8, 4) is 0 Å². The molecule has 172 valence electrons. The van der Waals surface area contributed by atoms with Crippen molar-refractivity contribution in [2.45, 2.75) is 64.8 Å². The first-order valence-electron chi connectivity index (χ1n) is 9.23. The van der Waals surface area contributed by atoms with E-state index in [-0.39, 0.29) is 13.2 Å². The van der Waals surface area contributed by atoms with Crippen LogP contribution < -0.4 is 0 Å². The minimum absolute atomic E-state index is 0.278. The Balaban J connectivity index is 3.13. The number of carbonyl (C=O) groups is 4. The summed E-state index contributed by atoms with van der Waals surface area (Å²) in [7, 11) is 3.29. The van der Waals surface area contributed by atoms with Crippen LogP contribution >= 0.6 is 21.6 Å². The van der Waals surface area contributed by atoms with E-state index in [0.717, 1.165) is 5.75 Å². The molecule has 1 aliphatic heterocycles. The van der Waals surface area contributed by atoms with E-state index >= 15 is 0 Å². The molecule has 0 unspecified atom stereocenters. The van der Waals surface area contributed by atoms with Gasteiger partial charge in [-0.1, -0.05) is 21.6 Å². The third-order valence-electron chi connectivity index (χ3n) is 3.72. The minimum atomic E-state index is -1.21. The van der Waals surface area contributed by atoms with Gasteiger partial charge in [0.2, 0.25) is 0 Å². The lowest BCUT2D eigenvalue weighted by Crippen LogP contribution is -2.63.